The van der Waals surface area contributed by atoms with Crippen molar-refractivity contribution in [3.8, 4) is 0 Å². The Kier molecular flexibility index (Phi) is 5.17. The second-order valence-electron chi connectivity index (χ2n) is 4.44. The van der Waals surface area contributed by atoms with E-state index >= 15 is 0 Å². The number of nitrogens with two attached hydrogens (primary N) is 1. The van der Waals surface area contributed by atoms with E-state index in [1.165, 1.54) is 4.31 Å². The molecular formula is C10H22N2O3S. The number of aliphatic hydroxyl groups is 1. The maximum absolute atomic E-state index is 12.0. The number of unbranched alkanes of at least 4 members (excludes halogenated alkanes) is 1. The predicted molar refractivity (Wildman–Crippen MR) is 63.4 cm³/mol. The van der Waals surface area contributed by atoms with Crippen LogP contribution in [0.2, 0.25) is 0 Å². The Balaban J connectivity index is 2.61. The Morgan fingerprint density at radius 2 is 2.12 bits per heavy atom. The lowest BCUT2D eigenvalue weighted by atomic mass is 10.0. The summed E-state index contributed by atoms with van der Waals surface area (Å²) >= 11 is 0. The summed E-state index contributed by atoms with van der Waals surface area (Å²) in [5, 5.41) is 9.22. The molecule has 3 N–H and O–H groups in total. The highest BCUT2D eigenvalue weighted by molar-refractivity contribution is 7.89. The molecule has 96 valence electrons. The topological polar surface area (TPSA) is 83.6 Å². The van der Waals surface area contributed by atoms with Gasteiger partial charge in [-0.25, -0.2) is 8.42 Å². The number of sulfonamides is 1. The molecule has 0 aromatic heterocycles. The largest absolute Gasteiger partial charge is 0.395 e. The summed E-state index contributed by atoms with van der Waals surface area (Å²) in [5.74, 6) is 0.391. The maximum atomic E-state index is 12.0. The zero-order chi connectivity index (χ0) is 12.2. The number of hydrogen-bond donors (Lipinski definition) is 2. The summed E-state index contributed by atoms with van der Waals surface area (Å²) in [6.07, 6.45) is 2.16. The van der Waals surface area contributed by atoms with Crippen molar-refractivity contribution in [1.82, 2.24) is 4.31 Å². The average molecular weight is 250 g/mol. The van der Waals surface area contributed by atoms with Crippen molar-refractivity contribution >= 4 is 10.0 Å². The van der Waals surface area contributed by atoms with Crippen LogP contribution in [0.1, 0.15) is 26.2 Å². The lowest BCUT2D eigenvalue weighted by Crippen LogP contribution is -2.41. The fraction of sp³-hybridized carbons (Fsp3) is 1.00. The third-order valence-electron chi connectivity index (χ3n) is 3.23. The molecule has 1 saturated heterocycles. The highest BCUT2D eigenvalue weighted by Gasteiger charge is 2.37. The summed E-state index contributed by atoms with van der Waals surface area (Å²) < 4.78 is 25.5. The molecule has 5 nitrogen and oxygen atoms in total. The van der Waals surface area contributed by atoms with Crippen LogP contribution in [0.25, 0.3) is 0 Å². The lowest BCUT2D eigenvalue weighted by molar-refractivity contribution is 0.191. The van der Waals surface area contributed by atoms with Crippen molar-refractivity contribution in [2.75, 3.05) is 25.4 Å². The summed E-state index contributed by atoms with van der Waals surface area (Å²) in [6, 6.07) is -0.233. The Morgan fingerprint density at radius 1 is 1.44 bits per heavy atom. The third kappa shape index (κ3) is 3.16. The average Bonchev–Trinajstić information content (AvgIpc) is 2.60. The van der Waals surface area contributed by atoms with Gasteiger partial charge in [0.05, 0.1) is 18.4 Å². The summed E-state index contributed by atoms with van der Waals surface area (Å²) in [7, 11) is -3.21. The summed E-state index contributed by atoms with van der Waals surface area (Å²) in [5.41, 5.74) is 5.34. The van der Waals surface area contributed by atoms with Crippen LogP contribution in [0, 0.1) is 5.92 Å². The van der Waals surface area contributed by atoms with Crippen molar-refractivity contribution in [1.29, 1.82) is 0 Å². The second-order valence-corrected chi connectivity index (χ2v) is 6.48. The molecule has 0 saturated carbocycles. The van der Waals surface area contributed by atoms with Crippen molar-refractivity contribution in [2.45, 2.75) is 32.2 Å². The standard InChI is InChI=1S/C10H22N2O3S/c1-9-4-6-12(10(9)8-13)16(14,15)7-3-2-5-11/h9-10,13H,2-8,11H2,1H3. The molecule has 2 unspecified atom stereocenters. The van der Waals surface area contributed by atoms with Crippen molar-refractivity contribution in [3.05, 3.63) is 0 Å². The van der Waals surface area contributed by atoms with Gasteiger partial charge in [0.1, 0.15) is 0 Å². The highest BCUT2D eigenvalue weighted by atomic mass is 32.2. The third-order valence-corrected chi connectivity index (χ3v) is 5.20. The first-order valence-electron chi connectivity index (χ1n) is 5.83. The molecule has 6 heteroatoms. The second kappa shape index (κ2) is 5.95. The molecule has 0 bridgehead atoms. The summed E-state index contributed by atoms with van der Waals surface area (Å²) in [6.45, 7) is 2.96. The van der Waals surface area contributed by atoms with Crippen molar-refractivity contribution in [2.24, 2.45) is 11.7 Å². The van der Waals surface area contributed by atoms with Crippen LogP contribution in [0.5, 0.6) is 0 Å². The van der Waals surface area contributed by atoms with Crippen LogP contribution in [0.3, 0.4) is 0 Å². The number of hydrogen-bond acceptors (Lipinski definition) is 4. The molecule has 2 atom stereocenters. The Morgan fingerprint density at radius 3 is 2.69 bits per heavy atom. The molecule has 0 spiro atoms. The van der Waals surface area contributed by atoms with Gasteiger partial charge in [-0.2, -0.15) is 4.31 Å². The maximum Gasteiger partial charge on any atom is 0.214 e. The van der Waals surface area contributed by atoms with Gasteiger partial charge in [-0.15, -0.1) is 0 Å². The van der Waals surface area contributed by atoms with Crippen LogP contribution in [0.15, 0.2) is 0 Å². The van der Waals surface area contributed by atoms with Crippen LogP contribution < -0.4 is 5.73 Å². The molecule has 0 aromatic rings. The van der Waals surface area contributed by atoms with E-state index in [1.54, 1.807) is 0 Å². The van der Waals surface area contributed by atoms with E-state index in [0.29, 0.717) is 19.5 Å². The van der Waals surface area contributed by atoms with Crippen LogP contribution >= 0.6 is 0 Å². The molecule has 1 rings (SSSR count). The minimum absolute atomic E-state index is 0.0860. The van der Waals surface area contributed by atoms with Crippen LogP contribution in [-0.2, 0) is 10.0 Å². The van der Waals surface area contributed by atoms with Gasteiger partial charge >= 0.3 is 0 Å². The Bertz CT molecular complexity index is 305. The van der Waals surface area contributed by atoms with Gasteiger partial charge in [-0.3, -0.25) is 0 Å². The molecule has 0 aromatic carbocycles. The first-order valence-corrected chi connectivity index (χ1v) is 7.44. The first-order chi connectivity index (χ1) is 7.53. The lowest BCUT2D eigenvalue weighted by Gasteiger charge is -2.24. The van der Waals surface area contributed by atoms with Crippen molar-refractivity contribution < 1.29 is 13.5 Å². The number of rotatable bonds is 6. The van der Waals surface area contributed by atoms with E-state index in [9.17, 15) is 13.5 Å². The molecule has 0 radical (unpaired) electrons. The smallest absolute Gasteiger partial charge is 0.214 e. The van der Waals surface area contributed by atoms with E-state index in [1.807, 2.05) is 6.92 Å². The Labute approximate surface area is 97.7 Å². The van der Waals surface area contributed by atoms with Gasteiger partial charge in [0.15, 0.2) is 0 Å². The highest BCUT2D eigenvalue weighted by Crippen LogP contribution is 2.26. The van der Waals surface area contributed by atoms with Gasteiger partial charge in [0.2, 0.25) is 10.0 Å². The van der Waals surface area contributed by atoms with E-state index < -0.39 is 10.0 Å². The molecule has 1 fully saturated rings. The SMILES string of the molecule is CC1CCN(S(=O)(=O)CCCCN)C1CO. The minimum atomic E-state index is -3.21. The van der Waals surface area contributed by atoms with Crippen LogP contribution in [-0.4, -0.2) is 49.3 Å². The zero-order valence-corrected chi connectivity index (χ0v) is 10.6. The van der Waals surface area contributed by atoms with Gasteiger partial charge in [0, 0.05) is 6.54 Å². The molecule has 1 aliphatic rings. The van der Waals surface area contributed by atoms with Crippen molar-refractivity contribution in [3.63, 3.8) is 0 Å². The van der Waals surface area contributed by atoms with Gasteiger partial charge in [0.25, 0.3) is 0 Å². The normalized spacial score (nSPS) is 27.4. The van der Waals surface area contributed by atoms with E-state index in [2.05, 4.69) is 0 Å². The van der Waals surface area contributed by atoms with E-state index in [-0.39, 0.29) is 24.3 Å². The molecular weight excluding hydrogens is 228 g/mol. The van der Waals surface area contributed by atoms with Gasteiger partial charge < -0.3 is 10.8 Å². The quantitative estimate of drug-likeness (QED) is 0.637. The van der Waals surface area contributed by atoms with Crippen LogP contribution in [0.4, 0.5) is 0 Å². The Hall–Kier alpha value is -0.170. The number of aliphatic hydroxyl groups excluding tert-OH is 1. The number of nitrogens with zero attached hydrogens (tertiary/aromatic N) is 1. The predicted octanol–water partition coefficient (Wildman–Crippen LogP) is -0.242. The van der Waals surface area contributed by atoms with E-state index in [4.69, 9.17) is 5.73 Å². The zero-order valence-electron chi connectivity index (χ0n) is 9.80. The fourth-order valence-corrected chi connectivity index (χ4v) is 4.01. The minimum Gasteiger partial charge on any atom is -0.395 e. The molecule has 0 aliphatic carbocycles. The van der Waals surface area contributed by atoms with Gasteiger partial charge in [-0.05, 0) is 31.7 Å². The van der Waals surface area contributed by atoms with Gasteiger partial charge in [-0.1, -0.05) is 6.92 Å². The molecule has 16 heavy (non-hydrogen) atoms. The fourth-order valence-electron chi connectivity index (χ4n) is 2.14. The first kappa shape index (κ1) is 13.9. The monoisotopic (exact) mass is 250 g/mol. The van der Waals surface area contributed by atoms with E-state index in [0.717, 1.165) is 12.8 Å². The molecule has 0 amide bonds. The molecule has 1 aliphatic heterocycles. The summed E-state index contributed by atoms with van der Waals surface area (Å²) in [4.78, 5) is 0. The molecule has 1 heterocycles.